The Bertz CT molecular complexity index is 1280. The fourth-order valence-electron chi connectivity index (χ4n) is 4.76. The van der Waals surface area contributed by atoms with Crippen molar-refractivity contribution in [1.82, 2.24) is 5.32 Å². The van der Waals surface area contributed by atoms with Gasteiger partial charge in [0.05, 0.1) is 33.2 Å². The molecule has 11 heteroatoms. The summed E-state index contributed by atoms with van der Waals surface area (Å²) in [5, 5.41) is 2.98. The van der Waals surface area contributed by atoms with E-state index < -0.39 is 29.6 Å². The van der Waals surface area contributed by atoms with Gasteiger partial charge in [0.15, 0.2) is 17.3 Å². The van der Waals surface area contributed by atoms with Crippen LogP contribution in [0.5, 0.6) is 17.2 Å². The lowest BCUT2D eigenvalue weighted by atomic mass is 10.00. The predicted molar refractivity (Wildman–Crippen MR) is 136 cm³/mol. The van der Waals surface area contributed by atoms with Crippen LogP contribution in [0.1, 0.15) is 53.4 Å². The summed E-state index contributed by atoms with van der Waals surface area (Å²) in [6.45, 7) is 0. The molecule has 0 radical (unpaired) electrons. The Morgan fingerprint density at radius 1 is 0.974 bits per heavy atom. The van der Waals surface area contributed by atoms with E-state index in [0.717, 1.165) is 42.7 Å². The third-order valence-electron chi connectivity index (χ3n) is 6.61. The number of amides is 2. The fraction of sp³-hybridized carbons (Fsp3) is 0.357. The van der Waals surface area contributed by atoms with E-state index in [2.05, 4.69) is 5.32 Å². The molecule has 0 spiro atoms. The first-order valence-corrected chi connectivity index (χ1v) is 12.3. The molecule has 8 nitrogen and oxygen atoms in total. The molecule has 2 aromatic carbocycles. The van der Waals surface area contributed by atoms with Gasteiger partial charge in [0.25, 0.3) is 5.91 Å². The third-order valence-corrected chi connectivity index (χ3v) is 6.61. The number of anilines is 1. The van der Waals surface area contributed by atoms with Gasteiger partial charge in [-0.25, -0.2) is 0 Å². The van der Waals surface area contributed by atoms with E-state index in [-0.39, 0.29) is 40.3 Å². The molecule has 39 heavy (non-hydrogen) atoms. The number of hydrogen-bond donors (Lipinski definition) is 1. The largest absolute Gasteiger partial charge is 0.493 e. The highest BCUT2D eigenvalue weighted by Gasteiger charge is 2.38. The first kappa shape index (κ1) is 27.9. The van der Waals surface area contributed by atoms with Crippen molar-refractivity contribution < 1.29 is 41.4 Å². The number of furan rings is 1. The molecule has 0 saturated heterocycles. The molecule has 1 aromatic heterocycles. The maximum atomic E-state index is 14.0. The van der Waals surface area contributed by atoms with E-state index >= 15 is 0 Å². The van der Waals surface area contributed by atoms with Crippen molar-refractivity contribution in [3.05, 3.63) is 71.7 Å². The van der Waals surface area contributed by atoms with Crippen LogP contribution in [0.4, 0.5) is 18.9 Å². The smallest absolute Gasteiger partial charge is 0.416 e. The maximum absolute atomic E-state index is 14.0. The SMILES string of the molecule is COc1cc([C@@H](C(=O)NC2CCCC2)N(C(=O)c2ccco2)c2cccc(C(F)(F)F)c2)cc(OC)c1OC. The fourth-order valence-corrected chi connectivity index (χ4v) is 4.76. The normalized spacial score (nSPS) is 14.5. The zero-order valence-corrected chi connectivity index (χ0v) is 21.7. The molecular weight excluding hydrogens is 517 g/mol. The molecule has 1 N–H and O–H groups in total. The van der Waals surface area contributed by atoms with Crippen LogP contribution in [-0.4, -0.2) is 39.2 Å². The Labute approximate surface area is 223 Å². The van der Waals surface area contributed by atoms with Crippen molar-refractivity contribution >= 4 is 17.5 Å². The van der Waals surface area contributed by atoms with Crippen molar-refractivity contribution in [2.45, 2.75) is 43.9 Å². The lowest BCUT2D eigenvalue weighted by Gasteiger charge is -2.32. The average Bonchev–Trinajstić information content (AvgIpc) is 3.65. The lowest BCUT2D eigenvalue weighted by molar-refractivity contribution is -0.137. The minimum Gasteiger partial charge on any atom is -0.493 e. The summed E-state index contributed by atoms with van der Waals surface area (Å²) in [6.07, 6.45) is -0.0358. The molecule has 1 aliphatic carbocycles. The van der Waals surface area contributed by atoms with Crippen molar-refractivity contribution in [1.29, 1.82) is 0 Å². The van der Waals surface area contributed by atoms with E-state index in [4.69, 9.17) is 18.6 Å². The van der Waals surface area contributed by atoms with Gasteiger partial charge in [0, 0.05) is 11.7 Å². The van der Waals surface area contributed by atoms with Crippen LogP contribution < -0.4 is 24.4 Å². The van der Waals surface area contributed by atoms with Crippen molar-refractivity contribution in [2.24, 2.45) is 0 Å². The molecule has 1 aliphatic rings. The zero-order valence-electron chi connectivity index (χ0n) is 21.7. The van der Waals surface area contributed by atoms with Crippen molar-refractivity contribution in [3.63, 3.8) is 0 Å². The van der Waals surface area contributed by atoms with Gasteiger partial charge in [-0.15, -0.1) is 0 Å². The minimum absolute atomic E-state index is 0.135. The van der Waals surface area contributed by atoms with Gasteiger partial charge in [-0.1, -0.05) is 18.9 Å². The molecule has 1 saturated carbocycles. The molecule has 0 bridgehead atoms. The Balaban J connectivity index is 1.94. The number of rotatable bonds is 9. The van der Waals surface area contributed by atoms with E-state index in [1.54, 1.807) is 0 Å². The molecule has 208 valence electrons. The second-order valence-corrected chi connectivity index (χ2v) is 9.05. The van der Waals surface area contributed by atoms with Gasteiger partial charge in [0.1, 0.15) is 6.04 Å². The number of benzene rings is 2. The predicted octanol–water partition coefficient (Wildman–Crippen LogP) is 5.77. The Kier molecular flexibility index (Phi) is 8.37. The molecular formula is C28H29F3N2O6. The molecule has 1 atom stereocenters. The summed E-state index contributed by atoms with van der Waals surface area (Å²) < 4.78 is 62.7. The highest BCUT2D eigenvalue weighted by molar-refractivity contribution is 6.08. The first-order chi connectivity index (χ1) is 18.7. The number of halogens is 3. The number of ether oxygens (including phenoxy) is 3. The molecule has 3 aromatic rings. The maximum Gasteiger partial charge on any atom is 0.416 e. The highest BCUT2D eigenvalue weighted by Crippen LogP contribution is 2.42. The summed E-state index contributed by atoms with van der Waals surface area (Å²) in [6, 6.07) is 8.54. The summed E-state index contributed by atoms with van der Waals surface area (Å²) in [5.41, 5.74) is -0.888. The second kappa shape index (κ2) is 11.7. The number of carbonyl (C=O) groups is 2. The monoisotopic (exact) mass is 546 g/mol. The number of methoxy groups -OCH3 is 3. The van der Waals surface area contributed by atoms with Gasteiger partial charge in [0.2, 0.25) is 11.7 Å². The second-order valence-electron chi connectivity index (χ2n) is 9.05. The first-order valence-electron chi connectivity index (χ1n) is 12.3. The van der Waals surface area contributed by atoms with Crippen LogP contribution >= 0.6 is 0 Å². The Hall–Kier alpha value is -4.15. The van der Waals surface area contributed by atoms with Crippen LogP contribution in [0.2, 0.25) is 0 Å². The van der Waals surface area contributed by atoms with Gasteiger partial charge >= 0.3 is 6.18 Å². The third kappa shape index (κ3) is 5.97. The molecule has 0 aliphatic heterocycles. The Morgan fingerprint density at radius 3 is 2.18 bits per heavy atom. The molecule has 1 fully saturated rings. The molecule has 4 rings (SSSR count). The van der Waals surface area contributed by atoms with Crippen LogP contribution in [0.15, 0.2) is 59.2 Å². The quantitative estimate of drug-likeness (QED) is 0.367. The van der Waals surface area contributed by atoms with Gasteiger partial charge in [-0.2, -0.15) is 13.2 Å². The zero-order chi connectivity index (χ0) is 28.2. The summed E-state index contributed by atoms with van der Waals surface area (Å²) in [5.74, 6) is -0.867. The number of nitrogens with one attached hydrogen (secondary N) is 1. The average molecular weight is 547 g/mol. The van der Waals surface area contributed by atoms with Crippen molar-refractivity contribution in [2.75, 3.05) is 26.2 Å². The standard InChI is InChI=1S/C28H29F3N2O6/c1-36-22-14-17(15-23(37-2)25(22)38-3)24(26(34)32-19-9-4-5-10-19)33(27(35)21-12-7-13-39-21)20-11-6-8-18(16-20)28(29,30)31/h6-8,11-16,19,24H,4-5,9-10H2,1-3H3,(H,32,34)/t24-/m0/s1. The van der Waals surface area contributed by atoms with Crippen LogP contribution in [0, 0.1) is 0 Å². The topological polar surface area (TPSA) is 90.2 Å². The molecule has 1 heterocycles. The van der Waals surface area contributed by atoms with Crippen LogP contribution in [0.3, 0.4) is 0 Å². The summed E-state index contributed by atoms with van der Waals surface area (Å²) in [4.78, 5) is 28.8. The van der Waals surface area contributed by atoms with Gasteiger partial charge in [-0.05, 0) is 60.9 Å². The number of nitrogens with zero attached hydrogens (tertiary/aromatic N) is 1. The summed E-state index contributed by atoms with van der Waals surface area (Å²) in [7, 11) is 4.21. The van der Waals surface area contributed by atoms with E-state index in [1.165, 1.54) is 64.0 Å². The lowest BCUT2D eigenvalue weighted by Crippen LogP contribution is -2.46. The minimum atomic E-state index is -4.68. The van der Waals surface area contributed by atoms with Crippen LogP contribution in [0.25, 0.3) is 0 Å². The van der Waals surface area contributed by atoms with E-state index in [9.17, 15) is 22.8 Å². The van der Waals surface area contributed by atoms with Gasteiger partial charge < -0.3 is 23.9 Å². The molecule has 0 unspecified atom stereocenters. The summed E-state index contributed by atoms with van der Waals surface area (Å²) >= 11 is 0. The Morgan fingerprint density at radius 2 is 1.64 bits per heavy atom. The van der Waals surface area contributed by atoms with Gasteiger partial charge in [-0.3, -0.25) is 14.5 Å². The number of hydrogen-bond acceptors (Lipinski definition) is 6. The van der Waals surface area contributed by atoms with E-state index in [0.29, 0.717) is 0 Å². The van der Waals surface area contributed by atoms with Crippen molar-refractivity contribution in [3.8, 4) is 17.2 Å². The van der Waals surface area contributed by atoms with Crippen LogP contribution in [-0.2, 0) is 11.0 Å². The number of carbonyl (C=O) groups excluding carboxylic acids is 2. The highest BCUT2D eigenvalue weighted by atomic mass is 19.4. The molecule has 2 amide bonds. The van der Waals surface area contributed by atoms with E-state index in [1.807, 2.05) is 0 Å². The number of alkyl halides is 3.